The first kappa shape index (κ1) is 18.0. The van der Waals surface area contributed by atoms with E-state index in [1.807, 2.05) is 0 Å². The molecule has 0 saturated carbocycles. The summed E-state index contributed by atoms with van der Waals surface area (Å²) in [6, 6.07) is 9.66. The van der Waals surface area contributed by atoms with Gasteiger partial charge in [0.2, 0.25) is 5.91 Å². The van der Waals surface area contributed by atoms with Crippen LogP contribution in [0.2, 0.25) is 0 Å². The number of benzene rings is 2. The summed E-state index contributed by atoms with van der Waals surface area (Å²) in [7, 11) is 0. The molecule has 0 saturated heterocycles. The molecule has 3 rings (SSSR count). The second kappa shape index (κ2) is 6.49. The second-order valence-corrected chi connectivity index (χ2v) is 7.93. The van der Waals surface area contributed by atoms with Crippen molar-refractivity contribution < 1.29 is 19.1 Å². The smallest absolute Gasteiger partial charge is 0.338 e. The van der Waals surface area contributed by atoms with Crippen LogP contribution in [0.25, 0.3) is 0 Å². The number of amides is 2. The van der Waals surface area contributed by atoms with Crippen LogP contribution in [-0.2, 0) is 4.74 Å². The zero-order valence-corrected chi connectivity index (χ0v) is 15.4. The van der Waals surface area contributed by atoms with E-state index >= 15 is 0 Å². The van der Waals surface area contributed by atoms with Gasteiger partial charge in [0.05, 0.1) is 16.8 Å². The van der Waals surface area contributed by atoms with E-state index in [0.717, 1.165) is 4.90 Å². The number of hydrogen-bond donors (Lipinski definition) is 2. The normalized spacial score (nSPS) is 13.1. The summed E-state index contributed by atoms with van der Waals surface area (Å²) in [6.45, 7) is 5.37. The topological polar surface area (TPSA) is 98.5 Å². The highest BCUT2D eigenvalue weighted by atomic mass is 32.2. The second-order valence-electron chi connectivity index (χ2n) is 6.84. The summed E-state index contributed by atoms with van der Waals surface area (Å²) >= 11 is 1.33. The van der Waals surface area contributed by atoms with Gasteiger partial charge in [-0.05, 0) is 57.2 Å². The molecule has 0 radical (unpaired) electrons. The van der Waals surface area contributed by atoms with Gasteiger partial charge in [0.1, 0.15) is 5.60 Å². The van der Waals surface area contributed by atoms with Gasteiger partial charge in [-0.3, -0.25) is 9.59 Å². The van der Waals surface area contributed by atoms with Gasteiger partial charge in [0, 0.05) is 15.4 Å². The molecular weight excluding hydrogens is 352 g/mol. The molecule has 1 aliphatic rings. The fraction of sp³-hybridized carbons (Fsp3) is 0.211. The lowest BCUT2D eigenvalue weighted by Crippen LogP contribution is -2.24. The number of ether oxygens (including phenoxy) is 1. The van der Waals surface area contributed by atoms with Crippen molar-refractivity contribution in [2.45, 2.75) is 36.2 Å². The number of hydrogen-bond acceptors (Lipinski definition) is 5. The molecule has 0 aromatic heterocycles. The number of carbonyl (C=O) groups excluding carboxylic acids is 3. The molecule has 0 unspecified atom stereocenters. The molecule has 0 bridgehead atoms. The SMILES string of the molecule is CC(C)(C)OC(=O)c1ccc2c(c1)NC(=O)c1ccc(C(N)=O)cc1S2. The summed E-state index contributed by atoms with van der Waals surface area (Å²) < 4.78 is 5.37. The van der Waals surface area contributed by atoms with Gasteiger partial charge in [0.15, 0.2) is 0 Å². The Balaban J connectivity index is 1.97. The van der Waals surface area contributed by atoms with Crippen LogP contribution in [0.5, 0.6) is 0 Å². The maximum Gasteiger partial charge on any atom is 0.338 e. The zero-order valence-electron chi connectivity index (χ0n) is 14.6. The fourth-order valence-electron chi connectivity index (χ4n) is 2.44. The van der Waals surface area contributed by atoms with Crippen molar-refractivity contribution in [3.63, 3.8) is 0 Å². The number of primary amides is 1. The maximum atomic E-state index is 12.5. The Morgan fingerprint density at radius 2 is 1.73 bits per heavy atom. The molecule has 2 aromatic rings. The predicted octanol–water partition coefficient (Wildman–Crippen LogP) is 3.46. The molecule has 6 nitrogen and oxygen atoms in total. The quantitative estimate of drug-likeness (QED) is 0.789. The average Bonchev–Trinajstić information content (AvgIpc) is 2.67. The minimum Gasteiger partial charge on any atom is -0.456 e. The van der Waals surface area contributed by atoms with Crippen molar-refractivity contribution in [3.8, 4) is 0 Å². The molecule has 134 valence electrons. The third-order valence-electron chi connectivity index (χ3n) is 3.59. The van der Waals surface area contributed by atoms with E-state index < -0.39 is 17.5 Å². The molecule has 0 atom stereocenters. The highest BCUT2D eigenvalue weighted by Crippen LogP contribution is 2.39. The molecular formula is C19H18N2O4S. The molecule has 0 aliphatic carbocycles. The van der Waals surface area contributed by atoms with Crippen LogP contribution in [0.15, 0.2) is 46.2 Å². The van der Waals surface area contributed by atoms with Crippen LogP contribution < -0.4 is 11.1 Å². The molecule has 1 aliphatic heterocycles. The Hall–Kier alpha value is -2.80. The van der Waals surface area contributed by atoms with E-state index in [1.54, 1.807) is 51.1 Å². The Morgan fingerprint density at radius 1 is 1.04 bits per heavy atom. The highest BCUT2D eigenvalue weighted by Gasteiger charge is 2.23. The van der Waals surface area contributed by atoms with Crippen LogP contribution in [0.1, 0.15) is 51.8 Å². The van der Waals surface area contributed by atoms with Gasteiger partial charge >= 0.3 is 5.97 Å². The number of nitrogens with one attached hydrogen (secondary N) is 1. The first-order valence-electron chi connectivity index (χ1n) is 7.94. The summed E-state index contributed by atoms with van der Waals surface area (Å²) in [6.07, 6.45) is 0. The van der Waals surface area contributed by atoms with Crippen molar-refractivity contribution in [3.05, 3.63) is 53.1 Å². The highest BCUT2D eigenvalue weighted by molar-refractivity contribution is 7.99. The largest absolute Gasteiger partial charge is 0.456 e. The first-order valence-corrected chi connectivity index (χ1v) is 8.76. The first-order chi connectivity index (χ1) is 12.1. The van der Waals surface area contributed by atoms with Crippen LogP contribution in [-0.4, -0.2) is 23.4 Å². The Labute approximate surface area is 155 Å². The number of nitrogens with two attached hydrogens (primary N) is 1. The Kier molecular flexibility index (Phi) is 4.50. The molecule has 1 heterocycles. The number of rotatable bonds is 2. The van der Waals surface area contributed by atoms with Crippen molar-refractivity contribution in [1.82, 2.24) is 0 Å². The predicted molar refractivity (Wildman–Crippen MR) is 98.6 cm³/mol. The van der Waals surface area contributed by atoms with Gasteiger partial charge in [-0.2, -0.15) is 0 Å². The maximum absolute atomic E-state index is 12.5. The summed E-state index contributed by atoms with van der Waals surface area (Å²) in [5.74, 6) is -1.33. The van der Waals surface area contributed by atoms with Gasteiger partial charge < -0.3 is 15.8 Å². The third kappa shape index (κ3) is 3.72. The molecule has 0 fully saturated rings. The monoisotopic (exact) mass is 370 g/mol. The minimum absolute atomic E-state index is 0.316. The van der Waals surface area contributed by atoms with Crippen molar-refractivity contribution >= 4 is 35.2 Å². The van der Waals surface area contributed by atoms with Crippen LogP contribution in [0.4, 0.5) is 5.69 Å². The van der Waals surface area contributed by atoms with Gasteiger partial charge in [-0.25, -0.2) is 4.79 Å². The van der Waals surface area contributed by atoms with E-state index in [-0.39, 0.29) is 5.91 Å². The van der Waals surface area contributed by atoms with E-state index in [9.17, 15) is 14.4 Å². The van der Waals surface area contributed by atoms with E-state index in [4.69, 9.17) is 10.5 Å². The fourth-order valence-corrected chi connectivity index (χ4v) is 3.49. The summed E-state index contributed by atoms with van der Waals surface area (Å²) in [5, 5.41) is 2.80. The number of anilines is 1. The lowest BCUT2D eigenvalue weighted by molar-refractivity contribution is 0.00692. The van der Waals surface area contributed by atoms with Crippen molar-refractivity contribution in [2.24, 2.45) is 5.73 Å². The number of fused-ring (bicyclic) bond motifs is 2. The molecule has 0 spiro atoms. The van der Waals surface area contributed by atoms with Gasteiger partial charge in [-0.1, -0.05) is 11.8 Å². The third-order valence-corrected chi connectivity index (χ3v) is 4.73. The zero-order chi connectivity index (χ0) is 19.1. The van der Waals surface area contributed by atoms with Crippen LogP contribution in [0, 0.1) is 0 Å². The molecule has 2 aromatic carbocycles. The molecule has 26 heavy (non-hydrogen) atoms. The average molecular weight is 370 g/mol. The standard InChI is InChI=1S/C19H18N2O4S/c1-19(2,3)25-18(24)11-5-7-14-13(8-11)21-17(23)12-6-4-10(16(20)22)9-15(12)26-14/h4-9H,1-3H3,(H2,20,22)(H,21,23). The Morgan fingerprint density at radius 3 is 2.38 bits per heavy atom. The van der Waals surface area contributed by atoms with Crippen molar-refractivity contribution in [2.75, 3.05) is 5.32 Å². The van der Waals surface area contributed by atoms with Crippen molar-refractivity contribution in [1.29, 1.82) is 0 Å². The Bertz CT molecular complexity index is 932. The van der Waals surface area contributed by atoms with E-state index in [1.165, 1.54) is 17.8 Å². The molecule has 3 N–H and O–H groups in total. The molecule has 2 amide bonds. The lowest BCUT2D eigenvalue weighted by Gasteiger charge is -2.19. The van der Waals surface area contributed by atoms with Gasteiger partial charge in [0.25, 0.3) is 5.91 Å². The van der Waals surface area contributed by atoms with Crippen LogP contribution in [0.3, 0.4) is 0 Å². The van der Waals surface area contributed by atoms with E-state index in [0.29, 0.717) is 27.3 Å². The molecule has 7 heteroatoms. The van der Waals surface area contributed by atoms with Gasteiger partial charge in [-0.15, -0.1) is 0 Å². The summed E-state index contributed by atoms with van der Waals surface area (Å²) in [4.78, 5) is 37.5. The summed E-state index contributed by atoms with van der Waals surface area (Å²) in [5.41, 5.74) is 6.35. The number of carbonyl (C=O) groups is 3. The van der Waals surface area contributed by atoms with Crippen LogP contribution >= 0.6 is 11.8 Å². The minimum atomic E-state index is -0.608. The van der Waals surface area contributed by atoms with E-state index in [2.05, 4.69) is 5.32 Å². The lowest BCUT2D eigenvalue weighted by atomic mass is 10.1. The number of esters is 1.